The van der Waals surface area contributed by atoms with Gasteiger partial charge in [-0.15, -0.1) is 0 Å². The zero-order chi connectivity index (χ0) is 14.0. The number of H-pyrrole nitrogens is 1. The van der Waals surface area contributed by atoms with Crippen molar-refractivity contribution in [3.8, 4) is 0 Å². The largest absolute Gasteiger partial charge is 0.477 e. The van der Waals surface area contributed by atoms with Gasteiger partial charge in [0.2, 0.25) is 0 Å². The third-order valence-electron chi connectivity index (χ3n) is 2.42. The smallest absolute Gasteiger partial charge is 0.354 e. The Kier molecular flexibility index (Phi) is 3.70. The van der Waals surface area contributed by atoms with Gasteiger partial charge in [0, 0.05) is 7.05 Å². The number of amides is 1. The predicted octanol–water partition coefficient (Wildman–Crippen LogP) is 1.74. The minimum absolute atomic E-state index is 0.124. The first-order valence-electron chi connectivity index (χ1n) is 5.25. The normalized spacial score (nSPS) is 10.4. The van der Waals surface area contributed by atoms with E-state index in [-0.39, 0.29) is 17.9 Å². The van der Waals surface area contributed by atoms with Gasteiger partial charge in [-0.25, -0.2) is 9.78 Å². The monoisotopic (exact) mass is 327 g/mol. The molecule has 0 radical (unpaired) electrons. The van der Waals surface area contributed by atoms with Crippen LogP contribution in [-0.2, 0) is 6.54 Å². The Hall–Kier alpha value is -2.09. The fourth-order valence-electron chi connectivity index (χ4n) is 1.54. The van der Waals surface area contributed by atoms with Gasteiger partial charge in [0.15, 0.2) is 16.1 Å². The number of hydrogen-bond acceptors (Lipinski definition) is 4. The van der Waals surface area contributed by atoms with Crippen molar-refractivity contribution in [3.63, 3.8) is 0 Å². The van der Waals surface area contributed by atoms with Gasteiger partial charge in [-0.2, -0.15) is 0 Å². The lowest BCUT2D eigenvalue weighted by molar-refractivity contribution is 0.0672. The van der Waals surface area contributed by atoms with E-state index in [1.807, 2.05) is 0 Å². The Morgan fingerprint density at radius 1 is 1.53 bits per heavy atom. The molecule has 0 aliphatic carbocycles. The number of aromatic amines is 1. The number of rotatable bonds is 4. The highest BCUT2D eigenvalue weighted by Crippen LogP contribution is 2.16. The number of hydrogen-bond donors (Lipinski definition) is 2. The number of aromatic carboxylic acids is 1. The fourth-order valence-corrected chi connectivity index (χ4v) is 1.88. The summed E-state index contributed by atoms with van der Waals surface area (Å²) in [5, 5.41) is 8.91. The molecule has 0 saturated heterocycles. The first-order valence-corrected chi connectivity index (χ1v) is 6.04. The summed E-state index contributed by atoms with van der Waals surface area (Å²) in [4.78, 5) is 30.5. The van der Waals surface area contributed by atoms with Crippen molar-refractivity contribution in [2.75, 3.05) is 7.05 Å². The van der Waals surface area contributed by atoms with Gasteiger partial charge >= 0.3 is 5.97 Å². The molecule has 2 rings (SSSR count). The number of aromatic nitrogens is 2. The topological polar surface area (TPSA) is 99.4 Å². The number of nitrogens with one attached hydrogen (secondary N) is 1. The highest BCUT2D eigenvalue weighted by Gasteiger charge is 2.23. The average molecular weight is 328 g/mol. The molecule has 0 aliphatic rings. The molecule has 19 heavy (non-hydrogen) atoms. The van der Waals surface area contributed by atoms with Gasteiger partial charge in [0.1, 0.15) is 5.76 Å². The Morgan fingerprint density at radius 3 is 2.84 bits per heavy atom. The van der Waals surface area contributed by atoms with Crippen molar-refractivity contribution in [3.05, 3.63) is 40.3 Å². The van der Waals surface area contributed by atoms with E-state index in [2.05, 4.69) is 25.9 Å². The summed E-state index contributed by atoms with van der Waals surface area (Å²) in [6.45, 7) is 0.219. The summed E-state index contributed by atoms with van der Waals surface area (Å²) in [5.41, 5.74) is -0.349. The summed E-state index contributed by atoms with van der Waals surface area (Å²) in [6.07, 6.45) is 1.17. The van der Waals surface area contributed by atoms with Crippen LogP contribution in [-0.4, -0.2) is 38.9 Å². The van der Waals surface area contributed by atoms with Gasteiger partial charge in [-0.1, -0.05) is 0 Å². The second-order valence-corrected chi connectivity index (χ2v) is 4.58. The van der Waals surface area contributed by atoms with Gasteiger partial charge in [0.05, 0.1) is 12.9 Å². The predicted molar refractivity (Wildman–Crippen MR) is 67.8 cm³/mol. The second kappa shape index (κ2) is 5.27. The maximum Gasteiger partial charge on any atom is 0.354 e. The lowest BCUT2D eigenvalue weighted by atomic mass is 10.3. The van der Waals surface area contributed by atoms with Crippen LogP contribution in [0.3, 0.4) is 0 Å². The van der Waals surface area contributed by atoms with E-state index in [1.54, 1.807) is 19.2 Å². The molecule has 0 bridgehead atoms. The van der Waals surface area contributed by atoms with E-state index in [4.69, 9.17) is 9.52 Å². The summed E-state index contributed by atoms with van der Waals surface area (Å²) >= 11 is 3.16. The first kappa shape index (κ1) is 13.3. The highest BCUT2D eigenvalue weighted by molar-refractivity contribution is 9.10. The van der Waals surface area contributed by atoms with E-state index >= 15 is 0 Å². The molecule has 8 heteroatoms. The van der Waals surface area contributed by atoms with E-state index in [0.717, 1.165) is 0 Å². The minimum atomic E-state index is -1.23. The molecule has 7 nitrogen and oxygen atoms in total. The molecule has 0 atom stereocenters. The molecule has 0 aromatic carbocycles. The van der Waals surface area contributed by atoms with Crippen LogP contribution in [0.4, 0.5) is 0 Å². The van der Waals surface area contributed by atoms with Crippen molar-refractivity contribution in [2.24, 2.45) is 0 Å². The van der Waals surface area contributed by atoms with Crippen LogP contribution in [0.5, 0.6) is 0 Å². The summed E-state index contributed by atoms with van der Waals surface area (Å²) in [5.74, 6) is -1.14. The average Bonchev–Trinajstić information content (AvgIpc) is 2.97. The van der Waals surface area contributed by atoms with E-state index in [9.17, 15) is 9.59 Å². The molecular weight excluding hydrogens is 318 g/mol. The van der Waals surface area contributed by atoms with Gasteiger partial charge in [-0.3, -0.25) is 4.79 Å². The van der Waals surface area contributed by atoms with Crippen molar-refractivity contribution in [1.82, 2.24) is 14.9 Å². The van der Waals surface area contributed by atoms with Crippen LogP contribution in [0.2, 0.25) is 0 Å². The standard InChI is InChI=1S/C11H10BrN3O4/c1-15(4-6-2-3-7(12)19-6)10(16)8-9(11(17)18)14-5-13-8/h2-3,5H,4H2,1H3,(H,13,14)(H,17,18). The van der Waals surface area contributed by atoms with Crippen LogP contribution in [0.15, 0.2) is 27.5 Å². The molecule has 2 heterocycles. The maximum atomic E-state index is 12.1. The maximum absolute atomic E-state index is 12.1. The molecule has 0 saturated carbocycles. The zero-order valence-electron chi connectivity index (χ0n) is 9.88. The number of carbonyl (C=O) groups excluding carboxylic acids is 1. The lowest BCUT2D eigenvalue weighted by Gasteiger charge is -2.14. The molecule has 2 N–H and O–H groups in total. The molecule has 2 aromatic rings. The number of halogens is 1. The van der Waals surface area contributed by atoms with Crippen LogP contribution in [0.1, 0.15) is 26.7 Å². The molecule has 1 amide bonds. The highest BCUT2D eigenvalue weighted by atomic mass is 79.9. The van der Waals surface area contributed by atoms with Crippen LogP contribution < -0.4 is 0 Å². The number of carboxylic acid groups (broad SMARTS) is 1. The SMILES string of the molecule is CN(Cc1ccc(Br)o1)C(=O)c1nc[nH]c1C(=O)O. The number of imidazole rings is 1. The van der Waals surface area contributed by atoms with Crippen LogP contribution in [0.25, 0.3) is 0 Å². The summed E-state index contributed by atoms with van der Waals surface area (Å²) in [6, 6.07) is 3.43. The van der Waals surface area contributed by atoms with Gasteiger partial charge < -0.3 is 19.4 Å². The van der Waals surface area contributed by atoms with Crippen LogP contribution in [0, 0.1) is 0 Å². The Morgan fingerprint density at radius 2 is 2.26 bits per heavy atom. The third-order valence-corrected chi connectivity index (χ3v) is 2.85. The van der Waals surface area contributed by atoms with Crippen molar-refractivity contribution in [2.45, 2.75) is 6.54 Å². The number of carboxylic acids is 1. The number of carbonyl (C=O) groups is 2. The third kappa shape index (κ3) is 2.84. The fraction of sp³-hybridized carbons (Fsp3) is 0.182. The Balaban J connectivity index is 2.15. The van der Waals surface area contributed by atoms with Crippen molar-refractivity contribution in [1.29, 1.82) is 0 Å². The molecule has 0 fully saturated rings. The molecule has 2 aromatic heterocycles. The van der Waals surface area contributed by atoms with Gasteiger partial charge in [-0.05, 0) is 28.1 Å². The molecular formula is C11H10BrN3O4. The van der Waals surface area contributed by atoms with E-state index in [1.165, 1.54) is 11.2 Å². The Labute approximate surface area is 116 Å². The number of furan rings is 1. The molecule has 0 spiro atoms. The molecule has 0 unspecified atom stereocenters. The summed E-state index contributed by atoms with van der Waals surface area (Å²) in [7, 11) is 1.54. The molecule has 100 valence electrons. The summed E-state index contributed by atoms with van der Waals surface area (Å²) < 4.78 is 5.84. The lowest BCUT2D eigenvalue weighted by Crippen LogP contribution is -2.27. The number of nitrogens with zero attached hydrogens (tertiary/aromatic N) is 2. The van der Waals surface area contributed by atoms with Crippen molar-refractivity contribution >= 4 is 27.8 Å². The second-order valence-electron chi connectivity index (χ2n) is 3.80. The van der Waals surface area contributed by atoms with E-state index in [0.29, 0.717) is 10.4 Å². The quantitative estimate of drug-likeness (QED) is 0.890. The first-order chi connectivity index (χ1) is 8.99. The Bertz CT molecular complexity index is 619. The van der Waals surface area contributed by atoms with Gasteiger partial charge in [0.25, 0.3) is 5.91 Å². The minimum Gasteiger partial charge on any atom is -0.477 e. The zero-order valence-corrected chi connectivity index (χ0v) is 11.5. The van der Waals surface area contributed by atoms with E-state index < -0.39 is 11.9 Å². The van der Waals surface area contributed by atoms with Crippen LogP contribution >= 0.6 is 15.9 Å². The molecule has 0 aliphatic heterocycles. The van der Waals surface area contributed by atoms with Crippen molar-refractivity contribution < 1.29 is 19.1 Å².